The maximum absolute atomic E-state index is 14.9. The summed E-state index contributed by atoms with van der Waals surface area (Å²) in [4.78, 5) is 42.9. The third kappa shape index (κ3) is 4.52. The molecule has 5 aliphatic carbocycles. The van der Waals surface area contributed by atoms with E-state index in [1.807, 2.05) is 11.8 Å². The number of carbonyl (C=O) groups is 3. The van der Waals surface area contributed by atoms with Gasteiger partial charge in [0.15, 0.2) is 11.4 Å². The number of carbonyl (C=O) groups excluding carboxylic acids is 3. The van der Waals surface area contributed by atoms with Crippen LogP contribution in [0.1, 0.15) is 66.1 Å². The van der Waals surface area contributed by atoms with Gasteiger partial charge >= 0.3 is 6.18 Å². The molecule has 7 atom stereocenters. The van der Waals surface area contributed by atoms with Gasteiger partial charge in [-0.05, 0) is 87.7 Å². The molecule has 10 nitrogen and oxygen atoms in total. The number of hydrogen-bond acceptors (Lipinski definition) is 9. The number of halogens is 3. The molecule has 6 N–H and O–H groups in total. The Kier molecular flexibility index (Phi) is 7.41. The van der Waals surface area contributed by atoms with E-state index in [1.54, 1.807) is 0 Å². The summed E-state index contributed by atoms with van der Waals surface area (Å²) >= 11 is 0. The van der Waals surface area contributed by atoms with E-state index in [4.69, 9.17) is 5.73 Å². The number of ketones is 2. The maximum atomic E-state index is 14.9. The molecule has 2 bridgehead atoms. The van der Waals surface area contributed by atoms with Crippen LogP contribution in [-0.2, 0) is 28.7 Å². The number of rotatable bonds is 6. The predicted octanol–water partition coefficient (Wildman–Crippen LogP) is 3.15. The van der Waals surface area contributed by atoms with Gasteiger partial charge < -0.3 is 26.2 Å². The molecule has 1 aromatic rings. The summed E-state index contributed by atoms with van der Waals surface area (Å²) in [5, 5.41) is 45.1. The lowest BCUT2D eigenvalue weighted by atomic mass is 9.58. The molecule has 0 aliphatic heterocycles. The molecule has 6 rings (SSSR count). The summed E-state index contributed by atoms with van der Waals surface area (Å²) in [5.74, 6) is -7.91. The molecule has 5 aliphatic rings. The number of alkyl halides is 3. The Morgan fingerprint density at radius 1 is 1.11 bits per heavy atom. The summed E-state index contributed by atoms with van der Waals surface area (Å²) in [6, 6.07) is -0.139. The van der Waals surface area contributed by atoms with Crippen LogP contribution in [0.3, 0.4) is 0 Å². The number of Topliss-reactive ketones (excluding diaryl/α,β-unsaturated/α-hetero) is 2. The van der Waals surface area contributed by atoms with Crippen LogP contribution in [0, 0.1) is 23.7 Å². The number of nitrogens with zero attached hydrogens (tertiary/aromatic N) is 2. The fraction of sp³-hybridized carbons (Fsp3) is 0.594. The quantitative estimate of drug-likeness (QED) is 0.296. The minimum atomic E-state index is -4.88. The van der Waals surface area contributed by atoms with Crippen molar-refractivity contribution in [3.05, 3.63) is 51.0 Å². The number of aromatic hydroxyl groups is 1. The number of allylic oxidation sites excluding steroid dienone is 1. The van der Waals surface area contributed by atoms with Crippen LogP contribution < -0.4 is 5.73 Å². The molecule has 2 saturated carbocycles. The Labute approximate surface area is 258 Å². The molecule has 0 radical (unpaired) electrons. The number of benzene rings is 1. The SMILES string of the molecule is CCN(Cc1cc(O)c2c(c1C(F)(F)F)C[C@H]1C[C@H]3[C@H](N(C)C)C(O)=C(C(N)=O)C(=O)[C@@]3(O)C(O)=C1C2=O)[C@H]1CC2CCC1C2. The van der Waals surface area contributed by atoms with E-state index >= 15 is 0 Å². The maximum Gasteiger partial charge on any atom is 0.417 e. The largest absolute Gasteiger partial charge is 0.510 e. The number of aliphatic hydroxyl groups excluding tert-OH is 2. The van der Waals surface area contributed by atoms with Gasteiger partial charge in [0.05, 0.1) is 17.2 Å². The highest BCUT2D eigenvalue weighted by Crippen LogP contribution is 2.54. The van der Waals surface area contributed by atoms with Crippen LogP contribution in [0.15, 0.2) is 28.7 Å². The average Bonchev–Trinajstić information content (AvgIpc) is 3.56. The molecule has 0 saturated heterocycles. The summed E-state index contributed by atoms with van der Waals surface area (Å²) in [7, 11) is 2.96. The summed E-state index contributed by atoms with van der Waals surface area (Å²) < 4.78 is 44.8. The lowest BCUT2D eigenvalue weighted by Crippen LogP contribution is -2.63. The zero-order chi connectivity index (χ0) is 32.9. The van der Waals surface area contributed by atoms with Crippen LogP contribution in [0.2, 0.25) is 0 Å². The van der Waals surface area contributed by atoms with E-state index in [-0.39, 0.29) is 24.6 Å². The zero-order valence-corrected chi connectivity index (χ0v) is 25.3. The van der Waals surface area contributed by atoms with Crippen LogP contribution in [0.25, 0.3) is 0 Å². The Balaban J connectivity index is 1.48. The van der Waals surface area contributed by atoms with E-state index in [0.29, 0.717) is 18.4 Å². The van der Waals surface area contributed by atoms with Crippen molar-refractivity contribution in [1.29, 1.82) is 0 Å². The normalized spacial score (nSPS) is 32.8. The first-order valence-electron chi connectivity index (χ1n) is 15.4. The number of likely N-dealkylation sites (N-methyl/N-ethyl adjacent to an activating group) is 1. The van der Waals surface area contributed by atoms with Crippen molar-refractivity contribution < 1.29 is 48.0 Å². The molecule has 0 heterocycles. The number of phenols is 1. The van der Waals surface area contributed by atoms with Crippen molar-refractivity contribution in [2.24, 2.45) is 29.4 Å². The molecule has 2 unspecified atom stereocenters. The standard InChI is InChI=1S/C32H38F3N3O7/c1-4-38(19-8-13-5-6-14(19)7-13)12-16-11-20(39)22-17(24(16)32(33,34)35)9-15-10-18-25(37(2)3)27(41)23(30(36)44)29(43)31(18,45)28(42)21(15)26(22)40/h11,13-15,18-19,25,39,41-42,45H,4-10,12H2,1-3H3,(H2,36,44)/t13?,14?,15-,18-,19-,25-,31-/m0/s1. The first kappa shape index (κ1) is 31.6. The molecule has 2 fully saturated rings. The van der Waals surface area contributed by atoms with Crippen molar-refractivity contribution in [2.75, 3.05) is 20.6 Å². The molecule has 0 spiro atoms. The fourth-order valence-corrected chi connectivity index (χ4v) is 9.21. The number of primary amides is 1. The number of amides is 1. The van der Waals surface area contributed by atoms with Gasteiger partial charge in [-0.3, -0.25) is 24.2 Å². The molecule has 0 aromatic heterocycles. The number of phenolic OH excluding ortho intramolecular Hbond substituents is 1. The minimum Gasteiger partial charge on any atom is -0.510 e. The zero-order valence-electron chi connectivity index (χ0n) is 25.3. The van der Waals surface area contributed by atoms with Gasteiger partial charge in [-0.2, -0.15) is 13.2 Å². The van der Waals surface area contributed by atoms with Crippen molar-refractivity contribution >= 4 is 17.5 Å². The topological polar surface area (TPSA) is 165 Å². The van der Waals surface area contributed by atoms with E-state index in [0.717, 1.165) is 31.7 Å². The Morgan fingerprint density at radius 2 is 1.80 bits per heavy atom. The highest BCUT2D eigenvalue weighted by molar-refractivity contribution is 6.24. The van der Waals surface area contributed by atoms with E-state index in [2.05, 4.69) is 0 Å². The Hall–Kier alpha value is -3.42. The lowest BCUT2D eigenvalue weighted by molar-refractivity contribution is -0.148. The molecule has 45 heavy (non-hydrogen) atoms. The van der Waals surface area contributed by atoms with Gasteiger partial charge in [0.1, 0.15) is 22.8 Å². The van der Waals surface area contributed by atoms with Crippen LogP contribution in [0.4, 0.5) is 13.2 Å². The fourth-order valence-electron chi connectivity index (χ4n) is 9.21. The Bertz CT molecular complexity index is 1570. The second kappa shape index (κ2) is 10.6. The lowest BCUT2D eigenvalue weighted by Gasteiger charge is -2.50. The monoisotopic (exact) mass is 633 g/mol. The van der Waals surface area contributed by atoms with Crippen molar-refractivity contribution in [3.8, 4) is 5.75 Å². The molecule has 1 amide bonds. The van der Waals surface area contributed by atoms with Gasteiger partial charge in [0, 0.05) is 24.1 Å². The van der Waals surface area contributed by atoms with Crippen molar-refractivity contribution in [2.45, 2.75) is 75.9 Å². The number of hydrogen-bond donors (Lipinski definition) is 5. The van der Waals surface area contributed by atoms with Gasteiger partial charge in [0.2, 0.25) is 5.78 Å². The van der Waals surface area contributed by atoms with Crippen LogP contribution >= 0.6 is 0 Å². The average molecular weight is 634 g/mol. The number of fused-ring (bicyclic) bond motifs is 5. The molecule has 244 valence electrons. The Morgan fingerprint density at radius 3 is 2.33 bits per heavy atom. The van der Waals surface area contributed by atoms with E-state index in [9.17, 15) is 48.0 Å². The van der Waals surface area contributed by atoms with Gasteiger partial charge in [-0.15, -0.1) is 0 Å². The number of nitrogens with two attached hydrogens (primary N) is 1. The second-order valence-electron chi connectivity index (χ2n) is 13.5. The van der Waals surface area contributed by atoms with Crippen molar-refractivity contribution in [3.63, 3.8) is 0 Å². The van der Waals surface area contributed by atoms with E-state index in [1.165, 1.54) is 19.0 Å². The summed E-state index contributed by atoms with van der Waals surface area (Å²) in [6.45, 7) is 2.33. The minimum absolute atomic E-state index is 0.0684. The van der Waals surface area contributed by atoms with Gasteiger partial charge in [0.25, 0.3) is 5.91 Å². The molecule has 1 aromatic carbocycles. The molecule has 13 heteroatoms. The summed E-state index contributed by atoms with van der Waals surface area (Å²) in [6.07, 6.45) is -1.45. The van der Waals surface area contributed by atoms with Crippen molar-refractivity contribution in [1.82, 2.24) is 9.80 Å². The van der Waals surface area contributed by atoms with Gasteiger partial charge in [-0.1, -0.05) is 13.3 Å². The molecular weight excluding hydrogens is 595 g/mol. The van der Waals surface area contributed by atoms with E-state index < -0.39 is 98.7 Å². The van der Waals surface area contributed by atoms with Crippen LogP contribution in [-0.4, -0.2) is 86.0 Å². The highest BCUT2D eigenvalue weighted by atomic mass is 19.4. The third-order valence-corrected chi connectivity index (χ3v) is 11.0. The smallest absolute Gasteiger partial charge is 0.417 e. The summed E-state index contributed by atoms with van der Waals surface area (Å²) in [5.41, 5.74) is -1.18. The first-order valence-corrected chi connectivity index (χ1v) is 15.4. The molecular formula is C32H38F3N3O7. The third-order valence-electron chi connectivity index (χ3n) is 11.0. The predicted molar refractivity (Wildman–Crippen MR) is 154 cm³/mol. The highest BCUT2D eigenvalue weighted by Gasteiger charge is 2.63. The first-order chi connectivity index (χ1) is 21.0. The van der Waals surface area contributed by atoms with Gasteiger partial charge in [-0.25, -0.2) is 0 Å². The number of aliphatic hydroxyl groups is 3. The second-order valence-corrected chi connectivity index (χ2v) is 13.5. The van der Waals surface area contributed by atoms with Crippen LogP contribution in [0.5, 0.6) is 5.75 Å².